The first-order chi connectivity index (χ1) is 16.6. The summed E-state index contributed by atoms with van der Waals surface area (Å²) in [6.45, 7) is 4.47. The number of rotatable bonds is 4. The molecule has 0 fully saturated rings. The topological polar surface area (TPSA) is 30.7 Å². The fourth-order valence-corrected chi connectivity index (χ4v) is 4.86. The van der Waals surface area contributed by atoms with E-state index in [-0.39, 0.29) is 5.41 Å². The zero-order valence-corrected chi connectivity index (χ0v) is 19.3. The van der Waals surface area contributed by atoms with Crippen molar-refractivity contribution >= 4 is 21.8 Å². The van der Waals surface area contributed by atoms with E-state index in [9.17, 15) is 0 Å². The lowest BCUT2D eigenvalue weighted by molar-refractivity contribution is 0.616. The summed E-state index contributed by atoms with van der Waals surface area (Å²) in [6.07, 6.45) is 3.71. The third kappa shape index (κ3) is 3.29. The lowest BCUT2D eigenvalue weighted by Crippen LogP contribution is -2.20. The van der Waals surface area contributed by atoms with Gasteiger partial charge >= 0.3 is 0 Å². The van der Waals surface area contributed by atoms with Crippen molar-refractivity contribution in [2.75, 3.05) is 0 Å². The second-order valence-corrected chi connectivity index (χ2v) is 9.19. The smallest absolute Gasteiger partial charge is 0.0702 e. The van der Waals surface area contributed by atoms with E-state index in [1.165, 1.54) is 27.4 Å². The fourth-order valence-electron chi connectivity index (χ4n) is 4.86. The maximum Gasteiger partial charge on any atom is 0.0702 e. The molecule has 0 radical (unpaired) electrons. The molecule has 0 aliphatic carbocycles. The van der Waals surface area contributed by atoms with Gasteiger partial charge in [0.15, 0.2) is 0 Å². The Bertz CT molecular complexity index is 1610. The lowest BCUT2D eigenvalue weighted by atomic mass is 9.81. The average molecular weight is 440 g/mol. The molecule has 0 N–H and O–H groups in total. The SMILES string of the molecule is CC(C)(c1cccc(-n2c3ccccc3c3ccc(-c4ccccn4)cc32)c1)c1ccccn1. The number of fused-ring (bicyclic) bond motifs is 3. The Kier molecular flexibility index (Phi) is 4.77. The summed E-state index contributed by atoms with van der Waals surface area (Å²) >= 11 is 0. The Balaban J connectivity index is 1.59. The third-order valence-electron chi connectivity index (χ3n) is 6.77. The quantitative estimate of drug-likeness (QED) is 0.284. The van der Waals surface area contributed by atoms with E-state index in [0.717, 1.165) is 22.6 Å². The van der Waals surface area contributed by atoms with Gasteiger partial charge in [-0.25, -0.2) is 0 Å². The van der Waals surface area contributed by atoms with Crippen LogP contribution in [0.25, 0.3) is 38.8 Å². The summed E-state index contributed by atoms with van der Waals surface area (Å²) in [6, 6.07) is 36.3. The normalized spacial score (nSPS) is 11.8. The molecule has 6 aromatic rings. The van der Waals surface area contributed by atoms with E-state index in [1.807, 2.05) is 30.6 Å². The molecule has 0 spiro atoms. The highest BCUT2D eigenvalue weighted by atomic mass is 15.0. The molecule has 34 heavy (non-hydrogen) atoms. The minimum atomic E-state index is -0.213. The molecule has 3 heteroatoms. The molecular formula is C31H25N3. The number of hydrogen-bond donors (Lipinski definition) is 0. The van der Waals surface area contributed by atoms with Crippen LogP contribution in [0.5, 0.6) is 0 Å². The van der Waals surface area contributed by atoms with Gasteiger partial charge in [0.25, 0.3) is 0 Å². The highest BCUT2D eigenvalue weighted by molar-refractivity contribution is 6.10. The second-order valence-electron chi connectivity index (χ2n) is 9.19. The van der Waals surface area contributed by atoms with Crippen LogP contribution in [0, 0.1) is 0 Å². The molecule has 3 aromatic heterocycles. The number of hydrogen-bond acceptors (Lipinski definition) is 2. The van der Waals surface area contributed by atoms with Gasteiger partial charge in [0, 0.05) is 39.8 Å². The highest BCUT2D eigenvalue weighted by Crippen LogP contribution is 2.36. The monoisotopic (exact) mass is 439 g/mol. The first-order valence-corrected chi connectivity index (χ1v) is 11.6. The van der Waals surface area contributed by atoms with Gasteiger partial charge in [-0.3, -0.25) is 9.97 Å². The van der Waals surface area contributed by atoms with Crippen LogP contribution in [-0.2, 0) is 5.41 Å². The van der Waals surface area contributed by atoms with Crippen molar-refractivity contribution in [1.29, 1.82) is 0 Å². The number of pyridine rings is 2. The van der Waals surface area contributed by atoms with Crippen LogP contribution in [0.1, 0.15) is 25.1 Å². The lowest BCUT2D eigenvalue weighted by Gasteiger charge is -2.25. The molecule has 6 rings (SSSR count). The predicted molar refractivity (Wildman–Crippen MR) is 140 cm³/mol. The molecule has 3 aromatic carbocycles. The molecule has 0 saturated carbocycles. The van der Waals surface area contributed by atoms with Crippen molar-refractivity contribution in [2.45, 2.75) is 19.3 Å². The highest BCUT2D eigenvalue weighted by Gasteiger charge is 2.25. The average Bonchev–Trinajstić information content (AvgIpc) is 3.23. The Hall–Kier alpha value is -4.24. The Morgan fingerprint density at radius 3 is 2.18 bits per heavy atom. The van der Waals surface area contributed by atoms with Gasteiger partial charge in [0.05, 0.1) is 22.4 Å². The van der Waals surface area contributed by atoms with Gasteiger partial charge in [-0.05, 0) is 54.1 Å². The molecule has 0 aliphatic heterocycles. The van der Waals surface area contributed by atoms with Crippen molar-refractivity contribution < 1.29 is 0 Å². The molecule has 0 aliphatic rings. The Morgan fingerprint density at radius 1 is 0.618 bits per heavy atom. The van der Waals surface area contributed by atoms with Gasteiger partial charge in [-0.2, -0.15) is 0 Å². The first-order valence-electron chi connectivity index (χ1n) is 11.6. The van der Waals surface area contributed by atoms with E-state index >= 15 is 0 Å². The number of para-hydroxylation sites is 1. The first kappa shape index (κ1) is 20.4. The summed E-state index contributed by atoms with van der Waals surface area (Å²) in [4.78, 5) is 9.23. The predicted octanol–water partition coefficient (Wildman–Crippen LogP) is 7.57. The molecule has 0 atom stereocenters. The largest absolute Gasteiger partial charge is 0.309 e. The number of aromatic nitrogens is 3. The van der Waals surface area contributed by atoms with Gasteiger partial charge < -0.3 is 4.57 Å². The van der Waals surface area contributed by atoms with Gasteiger partial charge in [0.2, 0.25) is 0 Å². The molecule has 3 nitrogen and oxygen atoms in total. The Morgan fingerprint density at radius 2 is 1.38 bits per heavy atom. The maximum atomic E-state index is 4.65. The number of nitrogens with zero attached hydrogens (tertiary/aromatic N) is 3. The van der Waals surface area contributed by atoms with E-state index in [4.69, 9.17) is 0 Å². The third-order valence-corrected chi connectivity index (χ3v) is 6.77. The molecule has 0 amide bonds. The standard InChI is InChI=1S/C31H25N3/c1-31(2,30-15-6-8-19-33-30)23-10-9-11-24(21-23)34-28-14-4-3-12-25(28)26-17-16-22(20-29(26)34)27-13-5-7-18-32-27/h3-21H,1-2H3. The van der Waals surface area contributed by atoms with Crippen LogP contribution in [0.15, 0.2) is 116 Å². The van der Waals surface area contributed by atoms with Crippen LogP contribution in [0.4, 0.5) is 0 Å². The van der Waals surface area contributed by atoms with E-state index in [1.54, 1.807) is 0 Å². The van der Waals surface area contributed by atoms with Gasteiger partial charge in [-0.15, -0.1) is 0 Å². The molecule has 0 saturated heterocycles. The molecule has 0 bridgehead atoms. The molecule has 164 valence electrons. The van der Waals surface area contributed by atoms with Crippen LogP contribution in [0.2, 0.25) is 0 Å². The zero-order chi connectivity index (χ0) is 23.1. The van der Waals surface area contributed by atoms with E-state index < -0.39 is 0 Å². The summed E-state index contributed by atoms with van der Waals surface area (Å²) in [5.74, 6) is 0. The Labute approximate surface area is 199 Å². The fraction of sp³-hybridized carbons (Fsp3) is 0.0968. The van der Waals surface area contributed by atoms with Crippen molar-refractivity contribution in [1.82, 2.24) is 14.5 Å². The molecule has 3 heterocycles. The summed E-state index contributed by atoms with van der Waals surface area (Å²) in [5, 5.41) is 2.49. The van der Waals surface area contributed by atoms with Gasteiger partial charge in [0.1, 0.15) is 0 Å². The molecule has 0 unspecified atom stereocenters. The van der Waals surface area contributed by atoms with E-state index in [0.29, 0.717) is 0 Å². The minimum Gasteiger partial charge on any atom is -0.309 e. The number of benzene rings is 3. The minimum absolute atomic E-state index is 0.213. The van der Waals surface area contributed by atoms with Crippen LogP contribution < -0.4 is 0 Å². The van der Waals surface area contributed by atoms with E-state index in [2.05, 4.69) is 113 Å². The van der Waals surface area contributed by atoms with Crippen LogP contribution >= 0.6 is 0 Å². The van der Waals surface area contributed by atoms with Crippen molar-refractivity contribution in [3.63, 3.8) is 0 Å². The zero-order valence-electron chi connectivity index (χ0n) is 19.3. The summed E-state index contributed by atoms with van der Waals surface area (Å²) < 4.78 is 2.37. The van der Waals surface area contributed by atoms with Crippen LogP contribution in [-0.4, -0.2) is 14.5 Å². The summed E-state index contributed by atoms with van der Waals surface area (Å²) in [5.41, 5.74) is 7.69. The second kappa shape index (κ2) is 7.96. The van der Waals surface area contributed by atoms with Crippen molar-refractivity contribution in [3.05, 3.63) is 127 Å². The van der Waals surface area contributed by atoms with Crippen LogP contribution in [0.3, 0.4) is 0 Å². The summed E-state index contributed by atoms with van der Waals surface area (Å²) in [7, 11) is 0. The maximum absolute atomic E-state index is 4.65. The van der Waals surface area contributed by atoms with Gasteiger partial charge in [-0.1, -0.05) is 68.4 Å². The van der Waals surface area contributed by atoms with Crippen molar-refractivity contribution in [2.24, 2.45) is 0 Å². The molecular weight excluding hydrogens is 414 g/mol. The van der Waals surface area contributed by atoms with Crippen molar-refractivity contribution in [3.8, 4) is 16.9 Å².